The lowest BCUT2D eigenvalue weighted by atomic mass is 10.0. The molecule has 1 saturated heterocycles. The number of nitrogens with one attached hydrogen (secondary N) is 2. The monoisotopic (exact) mass is 526 g/mol. The van der Waals surface area contributed by atoms with Gasteiger partial charge in [-0.3, -0.25) is 9.78 Å². The van der Waals surface area contributed by atoms with Crippen LogP contribution in [0.5, 0.6) is 0 Å². The Morgan fingerprint density at radius 3 is 2.55 bits per heavy atom. The second kappa shape index (κ2) is 10.5. The maximum atomic E-state index is 11.9. The molecule has 1 aliphatic rings. The lowest BCUT2D eigenvalue weighted by Crippen LogP contribution is -2.29. The van der Waals surface area contributed by atoms with E-state index in [1.165, 1.54) is 0 Å². The van der Waals surface area contributed by atoms with E-state index in [-0.39, 0.29) is 23.6 Å². The standard InChI is InChI=1S/C29H26N4O4S/c1-3-25(34)31-21-12-11-20(16-17(21)2)33-27(26(32-29(33)38)22-6-4-5-15-30-22)24-14-13-23(37-24)18-7-9-19(10-8-18)28(35)36/h4-16,26-27H,3H2,1-2H3,(H,31,34)(H,32,38)(H,35,36). The maximum Gasteiger partial charge on any atom is 0.335 e. The van der Waals surface area contributed by atoms with Gasteiger partial charge in [0.1, 0.15) is 17.6 Å². The molecule has 2 unspecified atom stereocenters. The highest BCUT2D eigenvalue weighted by Gasteiger charge is 2.42. The molecular formula is C29H26N4O4S. The van der Waals surface area contributed by atoms with E-state index in [0.717, 1.165) is 28.2 Å². The fraction of sp³-hybridized carbons (Fsp3) is 0.172. The molecule has 1 aliphatic heterocycles. The van der Waals surface area contributed by atoms with Crippen molar-refractivity contribution in [3.63, 3.8) is 0 Å². The van der Waals surface area contributed by atoms with E-state index in [2.05, 4.69) is 15.6 Å². The molecule has 0 radical (unpaired) electrons. The summed E-state index contributed by atoms with van der Waals surface area (Å²) in [5, 5.41) is 16.1. The predicted molar refractivity (Wildman–Crippen MR) is 149 cm³/mol. The van der Waals surface area contributed by atoms with E-state index in [9.17, 15) is 14.7 Å². The summed E-state index contributed by atoms with van der Waals surface area (Å²) in [5.41, 5.74) is 4.30. The minimum absolute atomic E-state index is 0.0493. The number of benzene rings is 2. The fourth-order valence-corrected chi connectivity index (χ4v) is 4.89. The topological polar surface area (TPSA) is 108 Å². The number of nitrogens with zero attached hydrogens (tertiary/aromatic N) is 2. The van der Waals surface area contributed by atoms with Gasteiger partial charge in [0.25, 0.3) is 0 Å². The Hall–Kier alpha value is -4.50. The number of rotatable bonds is 7. The van der Waals surface area contributed by atoms with Crippen LogP contribution in [0.25, 0.3) is 11.3 Å². The third-order valence-corrected chi connectivity index (χ3v) is 6.83. The summed E-state index contributed by atoms with van der Waals surface area (Å²) in [4.78, 5) is 29.7. The van der Waals surface area contributed by atoms with Gasteiger partial charge in [0.15, 0.2) is 5.11 Å². The van der Waals surface area contributed by atoms with E-state index in [1.54, 1.807) is 30.5 Å². The van der Waals surface area contributed by atoms with Crippen molar-refractivity contribution in [3.05, 3.63) is 102 Å². The van der Waals surface area contributed by atoms with Gasteiger partial charge in [-0.15, -0.1) is 0 Å². The van der Waals surface area contributed by atoms with Crippen molar-refractivity contribution >= 4 is 40.6 Å². The van der Waals surface area contributed by atoms with Crippen molar-refractivity contribution in [3.8, 4) is 11.3 Å². The number of carbonyl (C=O) groups excluding carboxylic acids is 1. The number of carboxylic acid groups (broad SMARTS) is 1. The van der Waals surface area contributed by atoms with Gasteiger partial charge in [-0.2, -0.15) is 0 Å². The Bertz CT molecular complexity index is 1500. The van der Waals surface area contributed by atoms with Crippen LogP contribution in [0.4, 0.5) is 11.4 Å². The highest BCUT2D eigenvalue weighted by molar-refractivity contribution is 7.80. The van der Waals surface area contributed by atoms with Crippen molar-refractivity contribution < 1.29 is 19.1 Å². The number of carboxylic acids is 1. The number of carbonyl (C=O) groups is 2. The van der Waals surface area contributed by atoms with Crippen LogP contribution in [-0.2, 0) is 4.79 Å². The summed E-state index contributed by atoms with van der Waals surface area (Å²) >= 11 is 5.80. The number of amides is 1. The molecule has 1 fully saturated rings. The lowest BCUT2D eigenvalue weighted by molar-refractivity contribution is -0.115. The number of aryl methyl sites for hydroxylation is 1. The lowest BCUT2D eigenvalue weighted by Gasteiger charge is -2.26. The normalized spacial score (nSPS) is 16.8. The van der Waals surface area contributed by atoms with Crippen LogP contribution >= 0.6 is 12.2 Å². The van der Waals surface area contributed by atoms with Crippen molar-refractivity contribution in [1.29, 1.82) is 0 Å². The Morgan fingerprint density at radius 2 is 1.89 bits per heavy atom. The van der Waals surface area contributed by atoms with Gasteiger partial charge >= 0.3 is 5.97 Å². The molecule has 9 heteroatoms. The Balaban J connectivity index is 1.54. The zero-order chi connectivity index (χ0) is 26.8. The zero-order valence-electron chi connectivity index (χ0n) is 20.8. The summed E-state index contributed by atoms with van der Waals surface area (Å²) in [5.74, 6) is 0.257. The molecule has 38 heavy (non-hydrogen) atoms. The average molecular weight is 527 g/mol. The molecule has 3 N–H and O–H groups in total. The van der Waals surface area contributed by atoms with Gasteiger partial charge in [-0.25, -0.2) is 4.79 Å². The van der Waals surface area contributed by atoms with Gasteiger partial charge in [-0.1, -0.05) is 25.1 Å². The van der Waals surface area contributed by atoms with Crippen LogP contribution in [0.15, 0.2) is 83.4 Å². The number of anilines is 2. The molecular weight excluding hydrogens is 500 g/mol. The van der Waals surface area contributed by atoms with E-state index in [1.807, 2.05) is 67.3 Å². The molecule has 3 heterocycles. The molecule has 192 valence electrons. The minimum atomic E-state index is -0.980. The van der Waals surface area contributed by atoms with E-state index < -0.39 is 5.97 Å². The summed E-state index contributed by atoms with van der Waals surface area (Å²) in [6.07, 6.45) is 2.14. The molecule has 1 amide bonds. The van der Waals surface area contributed by atoms with Crippen LogP contribution in [0.2, 0.25) is 0 Å². The minimum Gasteiger partial charge on any atom is -0.478 e. The molecule has 0 saturated carbocycles. The SMILES string of the molecule is CCC(=O)Nc1ccc(N2C(=S)NC(c3ccccn3)C2c2ccc(-c3ccc(C(=O)O)cc3)o2)cc1C. The molecule has 8 nitrogen and oxygen atoms in total. The first kappa shape index (κ1) is 25.2. The second-order valence-electron chi connectivity index (χ2n) is 8.98. The molecule has 0 aliphatic carbocycles. The van der Waals surface area contributed by atoms with Crippen LogP contribution in [0, 0.1) is 6.92 Å². The van der Waals surface area contributed by atoms with Crippen molar-refractivity contribution in [2.75, 3.05) is 10.2 Å². The number of thiocarbonyl (C=S) groups is 1. The third kappa shape index (κ3) is 4.88. The summed E-state index contributed by atoms with van der Waals surface area (Å²) in [7, 11) is 0. The van der Waals surface area contributed by atoms with Crippen molar-refractivity contribution in [2.24, 2.45) is 0 Å². The van der Waals surface area contributed by atoms with Gasteiger partial charge in [0.05, 0.1) is 17.3 Å². The van der Waals surface area contributed by atoms with Crippen LogP contribution < -0.4 is 15.5 Å². The average Bonchev–Trinajstić information content (AvgIpc) is 3.55. The van der Waals surface area contributed by atoms with Crippen LogP contribution in [0.1, 0.15) is 52.8 Å². The van der Waals surface area contributed by atoms with E-state index in [0.29, 0.717) is 23.1 Å². The summed E-state index contributed by atoms with van der Waals surface area (Å²) in [6, 6.07) is 21.2. The molecule has 0 spiro atoms. The third-order valence-electron chi connectivity index (χ3n) is 6.52. The summed E-state index contributed by atoms with van der Waals surface area (Å²) < 4.78 is 6.35. The first-order valence-corrected chi connectivity index (χ1v) is 12.6. The van der Waals surface area contributed by atoms with Crippen LogP contribution in [-0.4, -0.2) is 27.1 Å². The number of furan rings is 1. The van der Waals surface area contributed by atoms with Gasteiger partial charge in [-0.05, 0) is 79.3 Å². The van der Waals surface area contributed by atoms with Gasteiger partial charge in [0, 0.05) is 29.6 Å². The highest BCUT2D eigenvalue weighted by Crippen LogP contribution is 2.43. The molecule has 4 aromatic rings. The number of hydrogen-bond donors (Lipinski definition) is 3. The van der Waals surface area contributed by atoms with Gasteiger partial charge in [0.2, 0.25) is 5.91 Å². The molecule has 2 aromatic heterocycles. The largest absolute Gasteiger partial charge is 0.478 e. The van der Waals surface area contributed by atoms with E-state index >= 15 is 0 Å². The number of hydrogen-bond acceptors (Lipinski definition) is 5. The fourth-order valence-electron chi connectivity index (χ4n) is 4.54. The molecule has 2 aromatic carbocycles. The summed E-state index contributed by atoms with van der Waals surface area (Å²) in [6.45, 7) is 3.76. The predicted octanol–water partition coefficient (Wildman–Crippen LogP) is 5.87. The second-order valence-corrected chi connectivity index (χ2v) is 9.37. The molecule has 5 rings (SSSR count). The van der Waals surface area contributed by atoms with Gasteiger partial charge < -0.3 is 25.1 Å². The quantitative estimate of drug-likeness (QED) is 0.257. The smallest absolute Gasteiger partial charge is 0.335 e. The maximum absolute atomic E-state index is 11.9. The molecule has 0 bridgehead atoms. The highest BCUT2D eigenvalue weighted by atomic mass is 32.1. The van der Waals surface area contributed by atoms with Crippen molar-refractivity contribution in [1.82, 2.24) is 10.3 Å². The zero-order valence-corrected chi connectivity index (χ0v) is 21.7. The first-order chi connectivity index (χ1) is 18.4. The Labute approximate surface area is 225 Å². The Morgan fingerprint density at radius 1 is 1.11 bits per heavy atom. The Kier molecular flexibility index (Phi) is 6.93. The van der Waals surface area contributed by atoms with Crippen molar-refractivity contribution in [2.45, 2.75) is 32.4 Å². The number of aromatic carboxylic acids is 1. The van der Waals surface area contributed by atoms with E-state index in [4.69, 9.17) is 16.6 Å². The van der Waals surface area contributed by atoms with Crippen LogP contribution in [0.3, 0.4) is 0 Å². The number of pyridine rings is 1. The molecule has 2 atom stereocenters. The number of aromatic nitrogens is 1. The first-order valence-electron chi connectivity index (χ1n) is 12.2.